The highest BCUT2D eigenvalue weighted by molar-refractivity contribution is 14.0. The van der Waals surface area contributed by atoms with E-state index >= 15 is 0 Å². The first-order chi connectivity index (χ1) is 14.2. The molecule has 6 nitrogen and oxygen atoms in total. The van der Waals surface area contributed by atoms with Gasteiger partial charge in [0.2, 0.25) is 0 Å². The maximum Gasteiger partial charge on any atom is 0.253 e. The molecule has 1 amide bonds. The van der Waals surface area contributed by atoms with E-state index in [9.17, 15) is 4.79 Å². The standard InChI is InChI=1S/C23H29N5O.HI/c1-24-23(28-12-11-19-5-3-4-6-21(19)28)25-17-18-7-9-20(10-8-18)22(29)27-15-13-26(2)14-16-27;/h3-10H,11-17H2,1-2H3,(H,24,25);1H. The molecule has 0 spiro atoms. The lowest BCUT2D eigenvalue weighted by Gasteiger charge is -2.32. The Morgan fingerprint density at radius 3 is 2.40 bits per heavy atom. The summed E-state index contributed by atoms with van der Waals surface area (Å²) in [6.45, 7) is 5.09. The Morgan fingerprint density at radius 2 is 1.70 bits per heavy atom. The van der Waals surface area contributed by atoms with Crippen LogP contribution in [-0.4, -0.2) is 68.5 Å². The number of piperazine rings is 1. The Labute approximate surface area is 196 Å². The van der Waals surface area contributed by atoms with Gasteiger partial charge in [-0.2, -0.15) is 0 Å². The number of nitrogens with one attached hydrogen (secondary N) is 1. The zero-order valence-electron chi connectivity index (χ0n) is 17.7. The second kappa shape index (κ2) is 10.3. The van der Waals surface area contributed by atoms with E-state index in [-0.39, 0.29) is 29.9 Å². The fraction of sp³-hybridized carbons (Fsp3) is 0.391. The van der Waals surface area contributed by atoms with Crippen LogP contribution in [0.4, 0.5) is 5.69 Å². The zero-order chi connectivity index (χ0) is 20.2. The Bertz CT molecular complexity index is 891. The Balaban J connectivity index is 0.00000256. The molecule has 1 saturated heterocycles. The highest BCUT2D eigenvalue weighted by Crippen LogP contribution is 2.27. The van der Waals surface area contributed by atoms with Crippen LogP contribution in [0, 0.1) is 0 Å². The van der Waals surface area contributed by atoms with Crippen LogP contribution >= 0.6 is 24.0 Å². The summed E-state index contributed by atoms with van der Waals surface area (Å²) in [5, 5.41) is 3.46. The van der Waals surface area contributed by atoms with E-state index in [1.54, 1.807) is 0 Å². The zero-order valence-corrected chi connectivity index (χ0v) is 20.0. The fourth-order valence-corrected chi connectivity index (χ4v) is 3.99. The first kappa shape index (κ1) is 22.6. The Hall–Kier alpha value is -2.13. The molecule has 0 bridgehead atoms. The average Bonchev–Trinajstić information content (AvgIpc) is 3.19. The maximum absolute atomic E-state index is 12.7. The number of guanidine groups is 1. The molecule has 0 atom stereocenters. The first-order valence-corrected chi connectivity index (χ1v) is 10.3. The van der Waals surface area contributed by atoms with Crippen LogP contribution in [-0.2, 0) is 13.0 Å². The van der Waals surface area contributed by atoms with Crippen LogP contribution in [0.15, 0.2) is 53.5 Å². The third-order valence-corrected chi connectivity index (χ3v) is 5.80. The normalized spacial score (nSPS) is 16.8. The molecule has 0 unspecified atom stereocenters. The van der Waals surface area contributed by atoms with Crippen molar-refractivity contribution >= 4 is 41.5 Å². The van der Waals surface area contributed by atoms with E-state index in [4.69, 9.17) is 0 Å². The topological polar surface area (TPSA) is 51.2 Å². The lowest BCUT2D eigenvalue weighted by molar-refractivity contribution is 0.0664. The summed E-state index contributed by atoms with van der Waals surface area (Å²) in [5.41, 5.74) is 4.49. The van der Waals surface area contributed by atoms with Crippen LogP contribution in [0.25, 0.3) is 0 Å². The molecule has 1 fully saturated rings. The molecule has 0 radical (unpaired) electrons. The number of likely N-dealkylation sites (N-methyl/N-ethyl adjacent to an activating group) is 1. The van der Waals surface area contributed by atoms with Gasteiger partial charge in [0, 0.05) is 57.6 Å². The predicted octanol–water partition coefficient (Wildman–Crippen LogP) is 2.83. The van der Waals surface area contributed by atoms with Gasteiger partial charge in [-0.1, -0.05) is 30.3 Å². The van der Waals surface area contributed by atoms with Gasteiger partial charge >= 0.3 is 0 Å². The van der Waals surface area contributed by atoms with Crippen LogP contribution in [0.3, 0.4) is 0 Å². The number of nitrogens with zero attached hydrogens (tertiary/aromatic N) is 4. The Morgan fingerprint density at radius 1 is 1.00 bits per heavy atom. The number of hydrogen-bond acceptors (Lipinski definition) is 3. The number of halogens is 1. The van der Waals surface area contributed by atoms with Crippen molar-refractivity contribution < 1.29 is 4.79 Å². The third kappa shape index (κ3) is 4.95. The van der Waals surface area contributed by atoms with Crippen molar-refractivity contribution in [1.29, 1.82) is 0 Å². The van der Waals surface area contributed by atoms with E-state index < -0.39 is 0 Å². The van der Waals surface area contributed by atoms with Crippen LogP contribution in [0.5, 0.6) is 0 Å². The molecule has 0 saturated carbocycles. The van der Waals surface area contributed by atoms with Gasteiger partial charge in [0.05, 0.1) is 0 Å². The number of carbonyl (C=O) groups excluding carboxylic acids is 1. The number of anilines is 1. The first-order valence-electron chi connectivity index (χ1n) is 10.3. The van der Waals surface area contributed by atoms with Gasteiger partial charge < -0.3 is 20.0 Å². The number of aliphatic imine (C=N–C) groups is 1. The number of fused-ring (bicyclic) bond motifs is 1. The number of benzene rings is 2. The van der Waals surface area contributed by atoms with Crippen molar-refractivity contribution in [3.05, 3.63) is 65.2 Å². The van der Waals surface area contributed by atoms with Crippen molar-refractivity contribution in [3.8, 4) is 0 Å². The van der Waals surface area contributed by atoms with Crippen molar-refractivity contribution in [2.24, 2.45) is 4.99 Å². The molecule has 2 aromatic carbocycles. The maximum atomic E-state index is 12.7. The lowest BCUT2D eigenvalue weighted by atomic mass is 10.1. The predicted molar refractivity (Wildman–Crippen MR) is 133 cm³/mol. The Kier molecular flexibility index (Phi) is 7.71. The molecule has 160 valence electrons. The largest absolute Gasteiger partial charge is 0.352 e. The van der Waals surface area contributed by atoms with Gasteiger partial charge in [-0.25, -0.2) is 0 Å². The van der Waals surface area contributed by atoms with Crippen LogP contribution in [0.1, 0.15) is 21.5 Å². The van der Waals surface area contributed by atoms with E-state index in [1.807, 2.05) is 36.2 Å². The molecule has 30 heavy (non-hydrogen) atoms. The van der Waals surface area contributed by atoms with E-state index in [2.05, 4.69) is 51.4 Å². The van der Waals surface area contributed by atoms with Gasteiger partial charge in [0.25, 0.3) is 5.91 Å². The summed E-state index contributed by atoms with van der Waals surface area (Å²) in [4.78, 5) is 23.6. The molecular weight excluding hydrogens is 489 g/mol. The monoisotopic (exact) mass is 519 g/mol. The molecule has 2 heterocycles. The molecule has 2 aliphatic rings. The lowest BCUT2D eigenvalue weighted by Crippen LogP contribution is -2.47. The highest BCUT2D eigenvalue weighted by atomic mass is 127. The second-order valence-corrected chi connectivity index (χ2v) is 7.72. The molecule has 7 heteroatoms. The quantitative estimate of drug-likeness (QED) is 0.385. The number of carbonyl (C=O) groups is 1. The summed E-state index contributed by atoms with van der Waals surface area (Å²) in [7, 11) is 3.92. The van der Waals surface area contributed by atoms with Gasteiger partial charge in [0.15, 0.2) is 5.96 Å². The number of amides is 1. The molecule has 0 aliphatic carbocycles. The number of para-hydroxylation sites is 1. The van der Waals surface area contributed by atoms with Crippen LogP contribution < -0.4 is 10.2 Å². The minimum atomic E-state index is 0. The van der Waals surface area contributed by atoms with E-state index in [0.717, 1.165) is 56.2 Å². The summed E-state index contributed by atoms with van der Waals surface area (Å²) in [5.74, 6) is 1.01. The van der Waals surface area contributed by atoms with Gasteiger partial charge in [-0.05, 0) is 42.8 Å². The van der Waals surface area contributed by atoms with Crippen molar-refractivity contribution in [2.75, 3.05) is 51.7 Å². The fourth-order valence-electron chi connectivity index (χ4n) is 3.99. The average molecular weight is 519 g/mol. The van der Waals surface area contributed by atoms with Crippen molar-refractivity contribution in [1.82, 2.24) is 15.1 Å². The second-order valence-electron chi connectivity index (χ2n) is 7.72. The number of hydrogen-bond donors (Lipinski definition) is 1. The smallest absolute Gasteiger partial charge is 0.253 e. The van der Waals surface area contributed by atoms with E-state index in [1.165, 1.54) is 11.3 Å². The molecule has 2 aliphatic heterocycles. The molecule has 2 aromatic rings. The van der Waals surface area contributed by atoms with Gasteiger partial charge in [0.1, 0.15) is 0 Å². The number of rotatable bonds is 3. The minimum Gasteiger partial charge on any atom is -0.352 e. The SMILES string of the molecule is CN=C(NCc1ccc(C(=O)N2CCN(C)CC2)cc1)N1CCc2ccccc21.I. The summed E-state index contributed by atoms with van der Waals surface area (Å²) >= 11 is 0. The summed E-state index contributed by atoms with van der Waals surface area (Å²) in [6, 6.07) is 16.4. The molecule has 4 rings (SSSR count). The van der Waals surface area contributed by atoms with Crippen LogP contribution in [0.2, 0.25) is 0 Å². The van der Waals surface area contributed by atoms with Gasteiger partial charge in [-0.3, -0.25) is 9.79 Å². The molecular formula is C23H30IN5O. The molecule has 0 aromatic heterocycles. The highest BCUT2D eigenvalue weighted by Gasteiger charge is 2.22. The minimum absolute atomic E-state index is 0. The third-order valence-electron chi connectivity index (χ3n) is 5.80. The van der Waals surface area contributed by atoms with Crippen molar-refractivity contribution in [2.45, 2.75) is 13.0 Å². The molecule has 1 N–H and O–H groups in total. The summed E-state index contributed by atoms with van der Waals surface area (Å²) in [6.07, 6.45) is 1.04. The van der Waals surface area contributed by atoms with E-state index in [0.29, 0.717) is 6.54 Å². The summed E-state index contributed by atoms with van der Waals surface area (Å²) < 4.78 is 0. The van der Waals surface area contributed by atoms with Crippen molar-refractivity contribution in [3.63, 3.8) is 0 Å². The van der Waals surface area contributed by atoms with Gasteiger partial charge in [-0.15, -0.1) is 24.0 Å².